The highest BCUT2D eigenvalue weighted by atomic mass is 19.2. The van der Waals surface area contributed by atoms with Crippen LogP contribution in [0, 0.1) is 29.1 Å². The van der Waals surface area contributed by atoms with Gasteiger partial charge in [0, 0.05) is 12.8 Å². The molecule has 25 heavy (non-hydrogen) atoms. The van der Waals surface area contributed by atoms with Gasteiger partial charge in [0.25, 0.3) is 0 Å². The molecular formula is C17H24F5NO2. The lowest BCUT2D eigenvalue weighted by atomic mass is 9.78. The Bertz CT molecular complexity index is 474. The van der Waals surface area contributed by atoms with Gasteiger partial charge in [0.2, 0.25) is 0 Å². The Labute approximate surface area is 144 Å². The summed E-state index contributed by atoms with van der Waals surface area (Å²) >= 11 is 0. The lowest BCUT2D eigenvalue weighted by molar-refractivity contribution is -0.169. The first-order valence-electron chi connectivity index (χ1n) is 8.56. The molecule has 0 radical (unpaired) electrons. The second-order valence-corrected chi connectivity index (χ2v) is 6.36. The van der Waals surface area contributed by atoms with Crippen molar-refractivity contribution in [2.24, 2.45) is 17.8 Å². The van der Waals surface area contributed by atoms with E-state index < -0.39 is 73.5 Å². The van der Waals surface area contributed by atoms with Gasteiger partial charge < -0.3 is 4.74 Å². The van der Waals surface area contributed by atoms with Gasteiger partial charge in [-0.3, -0.25) is 4.79 Å². The second-order valence-electron chi connectivity index (χ2n) is 6.36. The molecule has 2 aliphatic rings. The summed E-state index contributed by atoms with van der Waals surface area (Å²) in [4.78, 5) is 11.9. The van der Waals surface area contributed by atoms with E-state index >= 15 is 0 Å². The molecule has 2 fully saturated rings. The minimum atomic E-state index is -2.35. The van der Waals surface area contributed by atoms with E-state index in [-0.39, 0.29) is 6.42 Å². The molecule has 7 atom stereocenters. The molecule has 2 aliphatic carbocycles. The number of ether oxygens (including phenoxy) is 1. The summed E-state index contributed by atoms with van der Waals surface area (Å²) in [6, 6.07) is 1.51. The molecule has 3 nitrogen and oxygen atoms in total. The van der Waals surface area contributed by atoms with Crippen LogP contribution in [0.15, 0.2) is 0 Å². The molecule has 7 unspecified atom stereocenters. The molecule has 0 N–H and O–H groups in total. The molecule has 0 aromatic carbocycles. The van der Waals surface area contributed by atoms with Crippen molar-refractivity contribution in [3.8, 4) is 6.07 Å². The maximum atomic E-state index is 13.9. The molecule has 0 aromatic heterocycles. The number of alkyl halides is 5. The predicted octanol–water partition coefficient (Wildman–Crippen LogP) is 4.20. The number of carbonyl (C=O) groups is 1. The Balaban J connectivity index is 0.00000151. The molecule has 0 amide bonds. The van der Waals surface area contributed by atoms with Gasteiger partial charge in [-0.25, -0.2) is 22.0 Å². The van der Waals surface area contributed by atoms with E-state index in [2.05, 4.69) is 0 Å². The van der Waals surface area contributed by atoms with Crippen LogP contribution in [-0.2, 0) is 9.53 Å². The van der Waals surface area contributed by atoms with Crippen molar-refractivity contribution in [1.82, 2.24) is 0 Å². The standard InChI is InChI=1S/C15H18F5NO2.C2H6/c1-6-2-11(18)12(14(20)13(6)19)15(22)23-7-3-9(16)8(5-21)10(17)4-7;1-2/h6-14H,2-4H2,1H3;1-2H3. The topological polar surface area (TPSA) is 50.1 Å². The van der Waals surface area contributed by atoms with E-state index in [1.165, 1.54) is 13.0 Å². The van der Waals surface area contributed by atoms with E-state index in [0.29, 0.717) is 0 Å². The minimum absolute atomic E-state index is 0.319. The number of nitrogens with zero attached hydrogens (tertiary/aromatic N) is 1. The van der Waals surface area contributed by atoms with Gasteiger partial charge in [0.15, 0.2) is 0 Å². The molecular weight excluding hydrogens is 345 g/mol. The molecule has 0 aromatic rings. The first-order valence-corrected chi connectivity index (χ1v) is 8.56. The number of esters is 1. The third-order valence-electron chi connectivity index (χ3n) is 4.64. The number of hydrogen-bond acceptors (Lipinski definition) is 3. The van der Waals surface area contributed by atoms with Gasteiger partial charge in [0.1, 0.15) is 48.8 Å². The summed E-state index contributed by atoms with van der Waals surface area (Å²) < 4.78 is 73.6. The summed E-state index contributed by atoms with van der Waals surface area (Å²) in [6.45, 7) is 5.34. The van der Waals surface area contributed by atoms with Crippen molar-refractivity contribution in [3.63, 3.8) is 0 Å². The number of carbonyl (C=O) groups excluding carboxylic acids is 1. The van der Waals surface area contributed by atoms with Gasteiger partial charge in [0.05, 0.1) is 6.07 Å². The number of nitriles is 1. The molecule has 0 saturated heterocycles. The number of hydrogen-bond donors (Lipinski definition) is 0. The van der Waals surface area contributed by atoms with Crippen LogP contribution in [0.25, 0.3) is 0 Å². The number of rotatable bonds is 2. The molecule has 8 heteroatoms. The summed E-state index contributed by atoms with van der Waals surface area (Å²) in [5.41, 5.74) is 0. The zero-order valence-electron chi connectivity index (χ0n) is 14.5. The highest BCUT2D eigenvalue weighted by Gasteiger charge is 2.50. The molecule has 0 spiro atoms. The van der Waals surface area contributed by atoms with Crippen LogP contribution in [0.4, 0.5) is 22.0 Å². The van der Waals surface area contributed by atoms with Crippen molar-refractivity contribution >= 4 is 5.97 Å². The largest absolute Gasteiger partial charge is 0.462 e. The first-order chi connectivity index (χ1) is 11.8. The van der Waals surface area contributed by atoms with E-state index in [1.807, 2.05) is 13.8 Å². The fourth-order valence-corrected chi connectivity index (χ4v) is 3.24. The van der Waals surface area contributed by atoms with Gasteiger partial charge in [-0.15, -0.1) is 0 Å². The lowest BCUT2D eigenvalue weighted by Crippen LogP contribution is -2.49. The normalized spacial score (nSPS) is 44.0. The van der Waals surface area contributed by atoms with Crippen molar-refractivity contribution < 1.29 is 31.5 Å². The first kappa shape index (κ1) is 21.7. The van der Waals surface area contributed by atoms with Gasteiger partial charge >= 0.3 is 5.97 Å². The Hall–Kier alpha value is -1.39. The minimum Gasteiger partial charge on any atom is -0.462 e. The average molecular weight is 369 g/mol. The van der Waals surface area contributed by atoms with Gasteiger partial charge in [-0.1, -0.05) is 20.8 Å². The average Bonchev–Trinajstić information content (AvgIpc) is 2.54. The van der Waals surface area contributed by atoms with Gasteiger partial charge in [-0.2, -0.15) is 5.26 Å². The summed E-state index contributed by atoms with van der Waals surface area (Å²) in [7, 11) is 0. The quantitative estimate of drug-likeness (QED) is 0.541. The Morgan fingerprint density at radius 3 is 1.96 bits per heavy atom. The Kier molecular flexibility index (Phi) is 8.10. The molecule has 2 rings (SSSR count). The van der Waals surface area contributed by atoms with Crippen LogP contribution in [0.2, 0.25) is 0 Å². The lowest BCUT2D eigenvalue weighted by Gasteiger charge is -2.36. The van der Waals surface area contributed by atoms with Crippen LogP contribution < -0.4 is 0 Å². The zero-order valence-corrected chi connectivity index (χ0v) is 14.5. The van der Waals surface area contributed by atoms with Crippen molar-refractivity contribution in [2.75, 3.05) is 0 Å². The molecule has 144 valence electrons. The summed E-state index contributed by atoms with van der Waals surface area (Å²) in [5.74, 6) is -5.55. The summed E-state index contributed by atoms with van der Waals surface area (Å²) in [6.07, 6.45) is -12.3. The van der Waals surface area contributed by atoms with E-state index in [1.54, 1.807) is 0 Å². The molecule has 0 heterocycles. The monoisotopic (exact) mass is 369 g/mol. The van der Waals surface area contributed by atoms with E-state index in [0.717, 1.165) is 0 Å². The predicted molar refractivity (Wildman–Crippen MR) is 81.3 cm³/mol. The van der Waals surface area contributed by atoms with Crippen LogP contribution in [0.3, 0.4) is 0 Å². The highest BCUT2D eigenvalue weighted by molar-refractivity contribution is 5.74. The van der Waals surface area contributed by atoms with Crippen molar-refractivity contribution in [3.05, 3.63) is 0 Å². The molecule has 0 bridgehead atoms. The van der Waals surface area contributed by atoms with Crippen molar-refractivity contribution in [2.45, 2.75) is 77.0 Å². The Morgan fingerprint density at radius 1 is 0.960 bits per heavy atom. The van der Waals surface area contributed by atoms with Crippen LogP contribution in [0.5, 0.6) is 0 Å². The van der Waals surface area contributed by atoms with E-state index in [9.17, 15) is 26.7 Å². The third kappa shape index (κ3) is 4.83. The van der Waals surface area contributed by atoms with E-state index in [4.69, 9.17) is 10.00 Å². The maximum Gasteiger partial charge on any atom is 0.315 e. The molecule has 2 saturated carbocycles. The SMILES string of the molecule is CC.CC1CC(F)C(C(=O)OC2CC(F)C(C#N)C(F)C2)C(F)C1F. The maximum absolute atomic E-state index is 13.9. The second kappa shape index (κ2) is 9.35. The fraction of sp³-hybridized carbons (Fsp3) is 0.882. The van der Waals surface area contributed by atoms with Gasteiger partial charge in [-0.05, 0) is 12.3 Å². The highest BCUT2D eigenvalue weighted by Crippen LogP contribution is 2.38. The van der Waals surface area contributed by atoms with Crippen LogP contribution in [-0.4, -0.2) is 42.9 Å². The summed E-state index contributed by atoms with van der Waals surface area (Å²) in [5, 5.41) is 8.65. The van der Waals surface area contributed by atoms with Crippen molar-refractivity contribution in [1.29, 1.82) is 5.26 Å². The fourth-order valence-electron chi connectivity index (χ4n) is 3.24. The zero-order chi connectivity index (χ0) is 19.3. The molecule has 0 aliphatic heterocycles. The number of halogens is 5. The third-order valence-corrected chi connectivity index (χ3v) is 4.64. The smallest absolute Gasteiger partial charge is 0.315 e. The Morgan fingerprint density at radius 2 is 1.48 bits per heavy atom. The van der Waals surface area contributed by atoms with Crippen LogP contribution >= 0.6 is 0 Å². The van der Waals surface area contributed by atoms with Crippen LogP contribution in [0.1, 0.15) is 40.0 Å².